The Morgan fingerprint density at radius 3 is 2.63 bits per heavy atom. The topological polar surface area (TPSA) is 78.5 Å². The fourth-order valence-corrected chi connectivity index (χ4v) is 4.69. The summed E-state index contributed by atoms with van der Waals surface area (Å²) < 4.78 is 5.63. The fraction of sp³-hybridized carbons (Fsp3) is 0.111. The maximum Gasteiger partial charge on any atom is 0.273 e. The standard InChI is InChI=1S/C27H21Cl2N3O3/c1-2-13-35-19-10-7-16(8-11-19)26-23-24(20-14-18(28)9-12-22(20)33)30-31-25(23)27(34)32(26)15-17-5-3-4-6-21(17)29/h2-12,14,26,33H,1,13,15H2,(H,30,31). The van der Waals surface area contributed by atoms with Gasteiger partial charge in [-0.15, -0.1) is 0 Å². The minimum atomic E-state index is -0.477. The third kappa shape index (κ3) is 4.27. The van der Waals surface area contributed by atoms with Gasteiger partial charge in [-0.25, -0.2) is 0 Å². The van der Waals surface area contributed by atoms with Crippen LogP contribution in [0.1, 0.15) is 33.2 Å². The van der Waals surface area contributed by atoms with Gasteiger partial charge in [0.05, 0.1) is 6.04 Å². The van der Waals surface area contributed by atoms with Crippen molar-refractivity contribution in [2.24, 2.45) is 0 Å². The van der Waals surface area contributed by atoms with Crippen LogP contribution in [0, 0.1) is 0 Å². The van der Waals surface area contributed by atoms with Crippen molar-refractivity contribution in [3.63, 3.8) is 0 Å². The quantitative estimate of drug-likeness (QED) is 0.285. The lowest BCUT2D eigenvalue weighted by atomic mass is 9.95. The number of H-pyrrole nitrogens is 1. The number of carbonyl (C=O) groups excluding carboxylic acids is 1. The second-order valence-corrected chi connectivity index (χ2v) is 8.96. The van der Waals surface area contributed by atoms with Crippen molar-refractivity contribution >= 4 is 29.1 Å². The molecule has 1 atom stereocenters. The van der Waals surface area contributed by atoms with Crippen LogP contribution in [0.4, 0.5) is 0 Å². The predicted octanol–water partition coefficient (Wildman–Crippen LogP) is 6.40. The Hall–Kier alpha value is -3.74. The molecule has 0 saturated carbocycles. The summed E-state index contributed by atoms with van der Waals surface area (Å²) in [4.78, 5) is 15.3. The van der Waals surface area contributed by atoms with Crippen LogP contribution < -0.4 is 4.74 Å². The predicted molar refractivity (Wildman–Crippen MR) is 136 cm³/mol. The average molecular weight is 506 g/mol. The monoisotopic (exact) mass is 505 g/mol. The van der Waals surface area contributed by atoms with Gasteiger partial charge >= 0.3 is 0 Å². The molecule has 1 amide bonds. The number of hydrogen-bond acceptors (Lipinski definition) is 4. The van der Waals surface area contributed by atoms with Crippen LogP contribution in [0.15, 0.2) is 79.4 Å². The molecular formula is C27H21Cl2N3O3. The second-order valence-electron chi connectivity index (χ2n) is 8.12. The molecule has 1 aromatic heterocycles. The van der Waals surface area contributed by atoms with E-state index in [1.807, 2.05) is 42.5 Å². The SMILES string of the molecule is C=CCOc1ccc(C2c3c(-c4cc(Cl)ccc4O)n[nH]c3C(=O)N2Cc2ccccc2Cl)cc1. The number of aromatic hydroxyl groups is 1. The van der Waals surface area contributed by atoms with Crippen molar-refractivity contribution in [3.05, 3.63) is 112 Å². The molecule has 4 aromatic rings. The number of nitrogens with zero attached hydrogens (tertiary/aromatic N) is 2. The third-order valence-corrected chi connectivity index (χ3v) is 6.54. The van der Waals surface area contributed by atoms with Crippen LogP contribution in [0.3, 0.4) is 0 Å². The molecule has 0 aliphatic carbocycles. The lowest BCUT2D eigenvalue weighted by Crippen LogP contribution is -2.29. The van der Waals surface area contributed by atoms with E-state index in [0.29, 0.717) is 51.5 Å². The summed E-state index contributed by atoms with van der Waals surface area (Å²) in [6.45, 7) is 4.36. The smallest absolute Gasteiger partial charge is 0.273 e. The first-order valence-corrected chi connectivity index (χ1v) is 11.7. The maximum absolute atomic E-state index is 13.6. The van der Waals surface area contributed by atoms with E-state index in [9.17, 15) is 9.90 Å². The zero-order valence-electron chi connectivity index (χ0n) is 18.5. The number of ether oxygens (including phenoxy) is 1. The highest BCUT2D eigenvalue weighted by atomic mass is 35.5. The normalized spacial score (nSPS) is 14.7. The van der Waals surface area contributed by atoms with Crippen LogP contribution in [-0.4, -0.2) is 32.7 Å². The van der Waals surface area contributed by atoms with E-state index in [0.717, 1.165) is 11.1 Å². The Morgan fingerprint density at radius 1 is 1.11 bits per heavy atom. The number of rotatable bonds is 7. The van der Waals surface area contributed by atoms with E-state index in [2.05, 4.69) is 16.8 Å². The molecule has 0 saturated heterocycles. The number of halogens is 2. The summed E-state index contributed by atoms with van der Waals surface area (Å²) in [6, 6.07) is 19.2. The number of nitrogens with one attached hydrogen (secondary N) is 1. The van der Waals surface area contributed by atoms with E-state index >= 15 is 0 Å². The molecule has 0 spiro atoms. The third-order valence-electron chi connectivity index (χ3n) is 5.94. The van der Waals surface area contributed by atoms with Crippen molar-refractivity contribution in [2.45, 2.75) is 12.6 Å². The van der Waals surface area contributed by atoms with Gasteiger partial charge in [0.1, 0.15) is 29.5 Å². The molecule has 8 heteroatoms. The van der Waals surface area contributed by atoms with E-state index in [1.165, 1.54) is 6.07 Å². The van der Waals surface area contributed by atoms with Crippen LogP contribution in [-0.2, 0) is 6.54 Å². The lowest BCUT2D eigenvalue weighted by Gasteiger charge is -2.27. The zero-order chi connectivity index (χ0) is 24.5. The number of fused-ring (bicyclic) bond motifs is 1. The number of hydrogen-bond donors (Lipinski definition) is 2. The summed E-state index contributed by atoms with van der Waals surface area (Å²) in [5.74, 6) is 0.501. The molecule has 3 aromatic carbocycles. The van der Waals surface area contributed by atoms with Gasteiger partial charge in [-0.2, -0.15) is 5.10 Å². The van der Waals surface area contributed by atoms with E-state index in [1.54, 1.807) is 29.2 Å². The minimum Gasteiger partial charge on any atom is -0.507 e. The van der Waals surface area contributed by atoms with Crippen molar-refractivity contribution in [1.29, 1.82) is 0 Å². The highest BCUT2D eigenvalue weighted by Gasteiger charge is 2.42. The number of benzene rings is 3. The van der Waals surface area contributed by atoms with Gasteiger partial charge in [0.15, 0.2) is 0 Å². The van der Waals surface area contributed by atoms with Crippen LogP contribution in [0.2, 0.25) is 10.0 Å². The number of phenols is 1. The molecule has 1 aliphatic rings. The molecule has 2 heterocycles. The Balaban J connectivity index is 1.63. The van der Waals surface area contributed by atoms with E-state index in [-0.39, 0.29) is 11.7 Å². The summed E-state index contributed by atoms with van der Waals surface area (Å²) in [5.41, 5.74) is 3.62. The molecular weight excluding hydrogens is 485 g/mol. The van der Waals surface area contributed by atoms with Gasteiger partial charge < -0.3 is 14.7 Å². The number of aromatic nitrogens is 2. The highest BCUT2D eigenvalue weighted by Crippen LogP contribution is 2.46. The van der Waals surface area contributed by atoms with E-state index < -0.39 is 6.04 Å². The molecule has 0 radical (unpaired) electrons. The van der Waals surface area contributed by atoms with E-state index in [4.69, 9.17) is 27.9 Å². The Labute approximate surface area is 212 Å². The van der Waals surface area contributed by atoms with Gasteiger partial charge in [0, 0.05) is 27.7 Å². The minimum absolute atomic E-state index is 0.0209. The van der Waals surface area contributed by atoms with Crippen LogP contribution >= 0.6 is 23.2 Å². The lowest BCUT2D eigenvalue weighted by molar-refractivity contribution is 0.0730. The molecule has 6 nitrogen and oxygen atoms in total. The van der Waals surface area contributed by atoms with Gasteiger partial charge in [0.2, 0.25) is 0 Å². The van der Waals surface area contributed by atoms with Gasteiger partial charge in [0.25, 0.3) is 5.91 Å². The summed E-state index contributed by atoms with van der Waals surface area (Å²) in [5, 5.41) is 18.9. The molecule has 1 aliphatic heterocycles. The molecule has 176 valence electrons. The number of amides is 1. The second kappa shape index (κ2) is 9.49. The first-order valence-electron chi connectivity index (χ1n) is 10.9. The Morgan fingerprint density at radius 2 is 1.89 bits per heavy atom. The van der Waals surface area contributed by atoms with Gasteiger partial charge in [-0.05, 0) is 47.5 Å². The van der Waals surface area contributed by atoms with Crippen molar-refractivity contribution in [3.8, 4) is 22.8 Å². The van der Waals surface area contributed by atoms with Crippen molar-refractivity contribution < 1.29 is 14.6 Å². The molecule has 35 heavy (non-hydrogen) atoms. The molecule has 1 unspecified atom stereocenters. The Kier molecular flexibility index (Phi) is 6.24. The fourth-order valence-electron chi connectivity index (χ4n) is 4.32. The average Bonchev–Trinajstić information content (AvgIpc) is 3.40. The zero-order valence-corrected chi connectivity index (χ0v) is 20.1. The number of aromatic amines is 1. The summed E-state index contributed by atoms with van der Waals surface area (Å²) in [6.07, 6.45) is 1.68. The highest BCUT2D eigenvalue weighted by molar-refractivity contribution is 6.31. The Bertz CT molecular complexity index is 1420. The molecule has 0 bridgehead atoms. The maximum atomic E-state index is 13.6. The first kappa shape index (κ1) is 23.0. The molecule has 0 fully saturated rings. The van der Waals surface area contributed by atoms with Crippen LogP contribution in [0.5, 0.6) is 11.5 Å². The van der Waals surface area contributed by atoms with Gasteiger partial charge in [-0.1, -0.05) is 66.2 Å². The van der Waals surface area contributed by atoms with Crippen molar-refractivity contribution in [1.82, 2.24) is 15.1 Å². The number of carbonyl (C=O) groups is 1. The van der Waals surface area contributed by atoms with Crippen LogP contribution in [0.25, 0.3) is 11.3 Å². The molecule has 5 rings (SSSR count). The largest absolute Gasteiger partial charge is 0.507 e. The molecule has 2 N–H and O–H groups in total. The summed E-state index contributed by atoms with van der Waals surface area (Å²) >= 11 is 12.7. The first-order chi connectivity index (χ1) is 17.0. The number of phenolic OH excluding ortho intramolecular Hbond substituents is 1. The van der Waals surface area contributed by atoms with Crippen molar-refractivity contribution in [2.75, 3.05) is 6.61 Å². The summed E-state index contributed by atoms with van der Waals surface area (Å²) in [7, 11) is 0. The van der Waals surface area contributed by atoms with Gasteiger partial charge in [-0.3, -0.25) is 9.89 Å².